The Kier molecular flexibility index (Phi) is 5.65. The van der Waals surface area contributed by atoms with E-state index in [0.717, 1.165) is 30.3 Å². The van der Waals surface area contributed by atoms with Gasteiger partial charge in [0.2, 0.25) is 0 Å². The minimum Gasteiger partial charge on any atom is -0.496 e. The van der Waals surface area contributed by atoms with Gasteiger partial charge in [-0.05, 0) is 48.9 Å². The Bertz CT molecular complexity index is 459. The number of benzene rings is 1. The number of ether oxygens (including phenoxy) is 1. The maximum Gasteiger partial charge on any atom is 0.124 e. The van der Waals surface area contributed by atoms with Crippen molar-refractivity contribution in [3.05, 3.63) is 29.3 Å². The number of methoxy groups -OCH3 is 1. The first-order chi connectivity index (χ1) is 10.0. The summed E-state index contributed by atoms with van der Waals surface area (Å²) in [5.41, 5.74) is 2.17. The molecule has 0 spiro atoms. The molecule has 2 unspecified atom stereocenters. The molecule has 3 heteroatoms. The second kappa shape index (κ2) is 7.28. The summed E-state index contributed by atoms with van der Waals surface area (Å²) in [6, 6.07) is 6.16. The molecule has 2 atom stereocenters. The van der Waals surface area contributed by atoms with Gasteiger partial charge < -0.3 is 14.7 Å². The molecule has 2 rings (SSSR count). The molecule has 0 bridgehead atoms. The fourth-order valence-electron chi connectivity index (χ4n) is 3.17. The van der Waals surface area contributed by atoms with Gasteiger partial charge in [-0.1, -0.05) is 26.8 Å². The molecule has 1 aliphatic heterocycles. The van der Waals surface area contributed by atoms with Crippen LogP contribution in [0.3, 0.4) is 0 Å². The van der Waals surface area contributed by atoms with E-state index in [2.05, 4.69) is 37.8 Å². The lowest BCUT2D eigenvalue weighted by Gasteiger charge is -2.32. The van der Waals surface area contributed by atoms with E-state index in [-0.39, 0.29) is 0 Å². The molecule has 0 saturated carbocycles. The van der Waals surface area contributed by atoms with Crippen LogP contribution < -0.4 is 4.74 Å². The van der Waals surface area contributed by atoms with Crippen LogP contribution in [-0.2, 0) is 0 Å². The van der Waals surface area contributed by atoms with Crippen molar-refractivity contribution in [1.29, 1.82) is 0 Å². The smallest absolute Gasteiger partial charge is 0.124 e. The van der Waals surface area contributed by atoms with Gasteiger partial charge in [-0.3, -0.25) is 0 Å². The van der Waals surface area contributed by atoms with Crippen LogP contribution in [0.5, 0.6) is 5.75 Å². The van der Waals surface area contributed by atoms with Crippen molar-refractivity contribution in [3.63, 3.8) is 0 Å². The molecule has 1 N–H and O–H groups in total. The van der Waals surface area contributed by atoms with Crippen molar-refractivity contribution in [2.45, 2.75) is 45.6 Å². The Labute approximate surface area is 128 Å². The lowest BCUT2D eigenvalue weighted by Crippen LogP contribution is -2.37. The zero-order valence-electron chi connectivity index (χ0n) is 13.8. The first-order valence-electron chi connectivity index (χ1n) is 8.09. The third-order valence-corrected chi connectivity index (χ3v) is 4.45. The first-order valence-corrected chi connectivity index (χ1v) is 8.09. The highest BCUT2D eigenvalue weighted by atomic mass is 16.5. The summed E-state index contributed by atoms with van der Waals surface area (Å²) in [6.07, 6.45) is 2.06. The molecule has 1 saturated heterocycles. The number of aliphatic hydroxyl groups is 1. The minimum absolute atomic E-state index is 0.455. The van der Waals surface area contributed by atoms with Crippen LogP contribution in [0.15, 0.2) is 18.2 Å². The van der Waals surface area contributed by atoms with Gasteiger partial charge in [0.1, 0.15) is 5.75 Å². The van der Waals surface area contributed by atoms with Crippen LogP contribution in [0.1, 0.15) is 56.8 Å². The average molecular weight is 291 g/mol. The third kappa shape index (κ3) is 4.21. The van der Waals surface area contributed by atoms with Gasteiger partial charge in [-0.15, -0.1) is 0 Å². The molecule has 0 radical (unpaired) electrons. The van der Waals surface area contributed by atoms with Gasteiger partial charge in [0.15, 0.2) is 0 Å². The van der Waals surface area contributed by atoms with E-state index in [1.54, 1.807) is 7.11 Å². The van der Waals surface area contributed by atoms with Crippen LogP contribution in [0.4, 0.5) is 0 Å². The van der Waals surface area contributed by atoms with Gasteiger partial charge in [0, 0.05) is 18.7 Å². The lowest BCUT2D eigenvalue weighted by molar-refractivity contribution is 0.0859. The topological polar surface area (TPSA) is 32.7 Å². The Morgan fingerprint density at radius 2 is 2.14 bits per heavy atom. The molecule has 1 aromatic rings. The molecular formula is C18H29NO2. The zero-order chi connectivity index (χ0) is 15.4. The van der Waals surface area contributed by atoms with Crippen LogP contribution >= 0.6 is 0 Å². The van der Waals surface area contributed by atoms with Crippen molar-refractivity contribution in [2.75, 3.05) is 26.7 Å². The third-order valence-electron chi connectivity index (χ3n) is 4.45. The van der Waals surface area contributed by atoms with E-state index in [0.29, 0.717) is 12.5 Å². The minimum atomic E-state index is -0.482. The number of nitrogens with zero attached hydrogens (tertiary/aromatic N) is 1. The summed E-state index contributed by atoms with van der Waals surface area (Å²) in [5, 5.41) is 10.7. The van der Waals surface area contributed by atoms with E-state index >= 15 is 0 Å². The Balaban J connectivity index is 2.13. The maximum atomic E-state index is 10.7. The summed E-state index contributed by atoms with van der Waals surface area (Å²) < 4.78 is 5.43. The highest BCUT2D eigenvalue weighted by Crippen LogP contribution is 2.30. The van der Waals surface area contributed by atoms with Crippen molar-refractivity contribution in [3.8, 4) is 5.75 Å². The highest BCUT2D eigenvalue weighted by Gasteiger charge is 2.22. The molecule has 1 aliphatic rings. The molecule has 0 aromatic heterocycles. The lowest BCUT2D eigenvalue weighted by atomic mass is 9.96. The number of hydrogen-bond donors (Lipinski definition) is 1. The Morgan fingerprint density at radius 3 is 2.76 bits per heavy atom. The van der Waals surface area contributed by atoms with Crippen LogP contribution in [0, 0.1) is 5.92 Å². The summed E-state index contributed by atoms with van der Waals surface area (Å²) in [7, 11) is 1.67. The summed E-state index contributed by atoms with van der Waals surface area (Å²) in [5.74, 6) is 1.98. The zero-order valence-corrected chi connectivity index (χ0v) is 13.8. The quantitative estimate of drug-likeness (QED) is 0.900. The number of rotatable bonds is 5. The molecular weight excluding hydrogens is 262 g/mol. The number of aliphatic hydroxyl groups excluding tert-OH is 1. The van der Waals surface area contributed by atoms with Crippen LogP contribution in [-0.4, -0.2) is 36.8 Å². The SMILES string of the molecule is COc1ccc(C(C)C)cc1C(O)CN1CCCC(C)C1. The molecule has 1 fully saturated rings. The number of hydrogen-bond acceptors (Lipinski definition) is 3. The maximum absolute atomic E-state index is 10.7. The highest BCUT2D eigenvalue weighted by molar-refractivity contribution is 5.40. The number of piperidine rings is 1. The van der Waals surface area contributed by atoms with E-state index in [1.165, 1.54) is 18.4 Å². The van der Waals surface area contributed by atoms with E-state index in [9.17, 15) is 5.11 Å². The summed E-state index contributed by atoms with van der Waals surface area (Å²) in [4.78, 5) is 2.38. The number of likely N-dealkylation sites (tertiary alicyclic amines) is 1. The predicted octanol–water partition coefficient (Wildman–Crippen LogP) is 3.58. The van der Waals surface area contributed by atoms with Crippen LogP contribution in [0.2, 0.25) is 0 Å². The van der Waals surface area contributed by atoms with E-state index in [1.807, 2.05) is 6.07 Å². The molecule has 0 amide bonds. The second-order valence-corrected chi connectivity index (χ2v) is 6.68. The van der Waals surface area contributed by atoms with Gasteiger partial charge in [0.05, 0.1) is 13.2 Å². The molecule has 1 aromatic carbocycles. The van der Waals surface area contributed by atoms with Crippen molar-refractivity contribution in [2.24, 2.45) is 5.92 Å². The predicted molar refractivity (Wildman–Crippen MR) is 86.9 cm³/mol. The molecule has 118 valence electrons. The summed E-state index contributed by atoms with van der Waals surface area (Å²) >= 11 is 0. The Morgan fingerprint density at radius 1 is 1.38 bits per heavy atom. The second-order valence-electron chi connectivity index (χ2n) is 6.68. The molecule has 3 nitrogen and oxygen atoms in total. The van der Waals surface area contributed by atoms with Crippen molar-refractivity contribution >= 4 is 0 Å². The average Bonchev–Trinajstić information content (AvgIpc) is 2.46. The van der Waals surface area contributed by atoms with Crippen molar-refractivity contribution in [1.82, 2.24) is 4.90 Å². The normalized spacial score (nSPS) is 21.5. The first kappa shape index (κ1) is 16.3. The monoisotopic (exact) mass is 291 g/mol. The van der Waals surface area contributed by atoms with Gasteiger partial charge >= 0.3 is 0 Å². The van der Waals surface area contributed by atoms with E-state index in [4.69, 9.17) is 4.74 Å². The standard InChI is InChI=1S/C18H29NO2/c1-13(2)15-7-8-18(21-4)16(10-15)17(20)12-19-9-5-6-14(3)11-19/h7-8,10,13-14,17,20H,5-6,9,11-12H2,1-4H3. The Hall–Kier alpha value is -1.06. The van der Waals surface area contributed by atoms with Crippen molar-refractivity contribution < 1.29 is 9.84 Å². The van der Waals surface area contributed by atoms with Gasteiger partial charge in [-0.25, -0.2) is 0 Å². The van der Waals surface area contributed by atoms with Crippen LogP contribution in [0.25, 0.3) is 0 Å². The molecule has 21 heavy (non-hydrogen) atoms. The summed E-state index contributed by atoms with van der Waals surface area (Å²) in [6.45, 7) is 9.51. The van der Waals surface area contributed by atoms with Gasteiger partial charge in [-0.2, -0.15) is 0 Å². The largest absolute Gasteiger partial charge is 0.496 e. The fraction of sp³-hybridized carbons (Fsp3) is 0.667. The fourth-order valence-corrected chi connectivity index (χ4v) is 3.17. The van der Waals surface area contributed by atoms with E-state index < -0.39 is 6.10 Å². The number of β-amino-alcohol motifs (C(OH)–C–C–N with tert-alkyl or cyclic N) is 1. The van der Waals surface area contributed by atoms with Gasteiger partial charge in [0.25, 0.3) is 0 Å². The molecule has 0 aliphatic carbocycles. The molecule has 1 heterocycles.